The molecule has 1 N–H and O–H groups in total. The maximum absolute atomic E-state index is 12.3. The SMILES string of the molecule is CCCCC1CCC(C(=O)NCC(CCC)CCCl)CC1. The number of alkyl halides is 1. The van der Waals surface area contributed by atoms with Crippen molar-refractivity contribution in [3.63, 3.8) is 0 Å². The van der Waals surface area contributed by atoms with Gasteiger partial charge in [0.25, 0.3) is 0 Å². The Kier molecular flexibility index (Phi) is 10.2. The van der Waals surface area contributed by atoms with Crippen LogP contribution in [-0.4, -0.2) is 18.3 Å². The van der Waals surface area contributed by atoms with Crippen molar-refractivity contribution in [1.29, 1.82) is 0 Å². The molecule has 0 aromatic carbocycles. The molecule has 1 aliphatic carbocycles. The van der Waals surface area contributed by atoms with Gasteiger partial charge in [-0.25, -0.2) is 0 Å². The molecule has 1 fully saturated rings. The van der Waals surface area contributed by atoms with Crippen LogP contribution in [-0.2, 0) is 4.79 Å². The number of halogens is 1. The summed E-state index contributed by atoms with van der Waals surface area (Å²) in [4.78, 5) is 12.3. The summed E-state index contributed by atoms with van der Waals surface area (Å²) in [5, 5.41) is 3.18. The second-order valence-corrected chi connectivity index (χ2v) is 7.12. The van der Waals surface area contributed by atoms with E-state index in [0.717, 1.165) is 38.1 Å². The summed E-state index contributed by atoms with van der Waals surface area (Å²) in [5.74, 6) is 2.68. The average molecular weight is 316 g/mol. The first-order valence-electron chi connectivity index (χ1n) is 9.04. The number of hydrogen-bond acceptors (Lipinski definition) is 1. The molecule has 0 radical (unpaired) electrons. The largest absolute Gasteiger partial charge is 0.356 e. The fraction of sp³-hybridized carbons (Fsp3) is 0.944. The lowest BCUT2D eigenvalue weighted by atomic mass is 9.79. The quantitative estimate of drug-likeness (QED) is 0.555. The van der Waals surface area contributed by atoms with E-state index >= 15 is 0 Å². The van der Waals surface area contributed by atoms with Crippen LogP contribution in [0.5, 0.6) is 0 Å². The van der Waals surface area contributed by atoms with Gasteiger partial charge in [0.2, 0.25) is 5.91 Å². The normalized spacial score (nSPS) is 23.8. The summed E-state index contributed by atoms with van der Waals surface area (Å²) in [7, 11) is 0. The van der Waals surface area contributed by atoms with Gasteiger partial charge in [0.1, 0.15) is 0 Å². The summed E-state index contributed by atoms with van der Waals surface area (Å²) in [6.07, 6.45) is 12.0. The van der Waals surface area contributed by atoms with E-state index in [0.29, 0.717) is 17.7 Å². The molecular weight excluding hydrogens is 282 g/mol. The fourth-order valence-electron chi connectivity index (χ4n) is 3.51. The summed E-state index contributed by atoms with van der Waals surface area (Å²) in [5.41, 5.74) is 0. The zero-order valence-electron chi connectivity index (χ0n) is 14.0. The van der Waals surface area contributed by atoms with Crippen LogP contribution in [0.3, 0.4) is 0 Å². The van der Waals surface area contributed by atoms with Crippen LogP contribution < -0.4 is 5.32 Å². The van der Waals surface area contributed by atoms with Crippen LogP contribution in [0.2, 0.25) is 0 Å². The first-order chi connectivity index (χ1) is 10.2. The number of rotatable bonds is 10. The molecule has 124 valence electrons. The molecule has 0 saturated heterocycles. The van der Waals surface area contributed by atoms with Crippen LogP contribution in [0.25, 0.3) is 0 Å². The second-order valence-electron chi connectivity index (χ2n) is 6.74. The molecule has 1 aliphatic rings. The van der Waals surface area contributed by atoms with E-state index in [1.54, 1.807) is 0 Å². The van der Waals surface area contributed by atoms with Gasteiger partial charge in [-0.3, -0.25) is 4.79 Å². The van der Waals surface area contributed by atoms with Gasteiger partial charge in [0.15, 0.2) is 0 Å². The Bertz CT molecular complexity index is 268. The number of amides is 1. The van der Waals surface area contributed by atoms with Gasteiger partial charge in [0, 0.05) is 18.3 Å². The molecule has 1 unspecified atom stereocenters. The maximum atomic E-state index is 12.3. The Labute approximate surface area is 136 Å². The van der Waals surface area contributed by atoms with Crippen molar-refractivity contribution in [2.75, 3.05) is 12.4 Å². The highest BCUT2D eigenvalue weighted by atomic mass is 35.5. The lowest BCUT2D eigenvalue weighted by molar-refractivity contribution is -0.126. The van der Waals surface area contributed by atoms with Crippen LogP contribution in [0.15, 0.2) is 0 Å². The van der Waals surface area contributed by atoms with Crippen LogP contribution >= 0.6 is 11.6 Å². The van der Waals surface area contributed by atoms with Crippen LogP contribution in [0, 0.1) is 17.8 Å². The van der Waals surface area contributed by atoms with Gasteiger partial charge >= 0.3 is 0 Å². The molecule has 0 heterocycles. The van der Waals surface area contributed by atoms with E-state index < -0.39 is 0 Å². The molecule has 1 rings (SSSR count). The van der Waals surface area contributed by atoms with E-state index in [1.807, 2.05) is 0 Å². The third-order valence-electron chi connectivity index (χ3n) is 4.96. The topological polar surface area (TPSA) is 29.1 Å². The standard InChI is InChI=1S/C18H34ClNO/c1-3-5-7-15-8-10-17(11-9-15)18(21)20-14-16(6-4-2)12-13-19/h15-17H,3-14H2,1-2H3,(H,20,21). The molecule has 1 amide bonds. The number of carbonyl (C=O) groups is 1. The summed E-state index contributed by atoms with van der Waals surface area (Å²) < 4.78 is 0. The minimum Gasteiger partial charge on any atom is -0.356 e. The lowest BCUT2D eigenvalue weighted by Crippen LogP contribution is -2.36. The van der Waals surface area contributed by atoms with E-state index in [4.69, 9.17) is 11.6 Å². The van der Waals surface area contributed by atoms with Crippen molar-refractivity contribution in [3.05, 3.63) is 0 Å². The first-order valence-corrected chi connectivity index (χ1v) is 9.58. The van der Waals surface area contributed by atoms with E-state index in [-0.39, 0.29) is 5.92 Å². The van der Waals surface area contributed by atoms with Crippen LogP contribution in [0.1, 0.15) is 78.1 Å². The molecule has 0 spiro atoms. The Hall–Kier alpha value is -0.240. The Morgan fingerprint density at radius 2 is 1.86 bits per heavy atom. The molecule has 3 heteroatoms. The fourth-order valence-corrected chi connectivity index (χ4v) is 3.81. The zero-order valence-corrected chi connectivity index (χ0v) is 14.8. The third kappa shape index (κ3) is 7.54. The van der Waals surface area contributed by atoms with Gasteiger partial charge in [-0.15, -0.1) is 11.6 Å². The minimum atomic E-state index is 0.265. The molecule has 1 saturated carbocycles. The lowest BCUT2D eigenvalue weighted by Gasteiger charge is -2.28. The number of hydrogen-bond donors (Lipinski definition) is 1. The number of nitrogens with one attached hydrogen (secondary N) is 1. The Morgan fingerprint density at radius 1 is 1.14 bits per heavy atom. The predicted molar refractivity (Wildman–Crippen MR) is 91.7 cm³/mol. The van der Waals surface area contributed by atoms with Gasteiger partial charge in [-0.2, -0.15) is 0 Å². The van der Waals surface area contributed by atoms with Gasteiger partial charge in [-0.05, 0) is 50.4 Å². The first kappa shape index (κ1) is 18.8. The predicted octanol–water partition coefficient (Wildman–Crippen LogP) is 5.14. The molecule has 0 bridgehead atoms. The highest BCUT2D eigenvalue weighted by Gasteiger charge is 2.26. The van der Waals surface area contributed by atoms with E-state index in [9.17, 15) is 4.79 Å². The molecular formula is C18H34ClNO. The van der Waals surface area contributed by atoms with Crippen molar-refractivity contribution in [1.82, 2.24) is 5.32 Å². The van der Waals surface area contributed by atoms with Gasteiger partial charge < -0.3 is 5.32 Å². The smallest absolute Gasteiger partial charge is 0.223 e. The van der Waals surface area contributed by atoms with Gasteiger partial charge in [0.05, 0.1) is 0 Å². The molecule has 0 aromatic rings. The molecule has 0 aliphatic heterocycles. The average Bonchev–Trinajstić information content (AvgIpc) is 2.51. The maximum Gasteiger partial charge on any atom is 0.223 e. The summed E-state index contributed by atoms with van der Waals surface area (Å²) in [6, 6.07) is 0. The third-order valence-corrected chi connectivity index (χ3v) is 5.18. The van der Waals surface area contributed by atoms with Crippen molar-refractivity contribution < 1.29 is 4.79 Å². The van der Waals surface area contributed by atoms with Crippen molar-refractivity contribution >= 4 is 17.5 Å². The number of carbonyl (C=O) groups excluding carboxylic acids is 1. The summed E-state index contributed by atoms with van der Waals surface area (Å²) >= 11 is 5.84. The highest BCUT2D eigenvalue weighted by molar-refractivity contribution is 6.17. The van der Waals surface area contributed by atoms with Crippen molar-refractivity contribution in [2.24, 2.45) is 17.8 Å². The van der Waals surface area contributed by atoms with E-state index in [1.165, 1.54) is 38.5 Å². The Morgan fingerprint density at radius 3 is 2.43 bits per heavy atom. The summed E-state index contributed by atoms with van der Waals surface area (Å²) in [6.45, 7) is 5.27. The monoisotopic (exact) mass is 315 g/mol. The molecule has 0 aromatic heterocycles. The van der Waals surface area contributed by atoms with Crippen molar-refractivity contribution in [3.8, 4) is 0 Å². The minimum absolute atomic E-state index is 0.265. The molecule has 21 heavy (non-hydrogen) atoms. The Balaban J connectivity index is 2.23. The highest BCUT2D eigenvalue weighted by Crippen LogP contribution is 2.32. The number of unbranched alkanes of at least 4 members (excludes halogenated alkanes) is 1. The molecule has 1 atom stereocenters. The van der Waals surface area contributed by atoms with E-state index in [2.05, 4.69) is 19.2 Å². The molecule has 2 nitrogen and oxygen atoms in total. The second kappa shape index (κ2) is 11.3. The van der Waals surface area contributed by atoms with Crippen LogP contribution in [0.4, 0.5) is 0 Å². The van der Waals surface area contributed by atoms with Crippen molar-refractivity contribution in [2.45, 2.75) is 78.1 Å². The van der Waals surface area contributed by atoms with Gasteiger partial charge in [-0.1, -0.05) is 39.5 Å². The zero-order chi connectivity index (χ0) is 15.5.